The standard InChI is InChI=1S/C12H24N2O2/c1-10(3-2-6-13)12(16)14-7-4-11(9-14)5-8-15/h10-11,15H,2-9,13H2,1H3. The molecule has 1 rings (SSSR count). The highest BCUT2D eigenvalue weighted by Crippen LogP contribution is 2.21. The molecule has 1 fully saturated rings. The molecular weight excluding hydrogens is 204 g/mol. The smallest absolute Gasteiger partial charge is 0.225 e. The highest BCUT2D eigenvalue weighted by Gasteiger charge is 2.28. The minimum Gasteiger partial charge on any atom is -0.396 e. The Hall–Kier alpha value is -0.610. The Bertz CT molecular complexity index is 221. The molecule has 1 aliphatic rings. The number of carbonyl (C=O) groups excluding carboxylic acids is 1. The van der Waals surface area contributed by atoms with E-state index in [0.717, 1.165) is 38.8 Å². The third kappa shape index (κ3) is 3.76. The summed E-state index contributed by atoms with van der Waals surface area (Å²) >= 11 is 0. The summed E-state index contributed by atoms with van der Waals surface area (Å²) < 4.78 is 0. The van der Waals surface area contributed by atoms with Crippen molar-refractivity contribution < 1.29 is 9.90 Å². The highest BCUT2D eigenvalue weighted by atomic mass is 16.3. The first-order valence-corrected chi connectivity index (χ1v) is 6.28. The van der Waals surface area contributed by atoms with Crippen LogP contribution in [0.3, 0.4) is 0 Å². The van der Waals surface area contributed by atoms with Gasteiger partial charge in [0.1, 0.15) is 0 Å². The van der Waals surface area contributed by atoms with Crippen molar-refractivity contribution in [3.05, 3.63) is 0 Å². The molecule has 0 saturated carbocycles. The molecule has 0 aromatic carbocycles. The maximum Gasteiger partial charge on any atom is 0.225 e. The molecule has 4 heteroatoms. The fourth-order valence-electron chi connectivity index (χ4n) is 2.31. The van der Waals surface area contributed by atoms with Gasteiger partial charge in [-0.2, -0.15) is 0 Å². The maximum atomic E-state index is 12.0. The van der Waals surface area contributed by atoms with Crippen molar-refractivity contribution in [2.75, 3.05) is 26.2 Å². The molecule has 1 heterocycles. The minimum atomic E-state index is 0.0939. The van der Waals surface area contributed by atoms with E-state index in [0.29, 0.717) is 12.5 Å². The van der Waals surface area contributed by atoms with Gasteiger partial charge in [0.25, 0.3) is 0 Å². The van der Waals surface area contributed by atoms with Crippen molar-refractivity contribution in [3.8, 4) is 0 Å². The summed E-state index contributed by atoms with van der Waals surface area (Å²) in [4.78, 5) is 14.0. The second kappa shape index (κ2) is 6.86. The number of nitrogens with two attached hydrogens (primary N) is 1. The van der Waals surface area contributed by atoms with Gasteiger partial charge in [0, 0.05) is 25.6 Å². The molecule has 2 atom stereocenters. The van der Waals surface area contributed by atoms with Crippen LogP contribution < -0.4 is 5.73 Å². The summed E-state index contributed by atoms with van der Waals surface area (Å²) in [6.07, 6.45) is 3.66. The SMILES string of the molecule is CC(CCCN)C(=O)N1CCC(CCO)C1. The summed E-state index contributed by atoms with van der Waals surface area (Å²) in [7, 11) is 0. The zero-order valence-corrected chi connectivity index (χ0v) is 10.2. The average Bonchev–Trinajstić information content (AvgIpc) is 2.74. The van der Waals surface area contributed by atoms with Crippen molar-refractivity contribution in [1.82, 2.24) is 4.90 Å². The van der Waals surface area contributed by atoms with E-state index in [1.165, 1.54) is 0 Å². The lowest BCUT2D eigenvalue weighted by atomic mass is 10.0. The predicted octanol–water partition coefficient (Wildman–Crippen LogP) is 0.592. The van der Waals surface area contributed by atoms with Gasteiger partial charge in [-0.25, -0.2) is 0 Å². The summed E-state index contributed by atoms with van der Waals surface area (Å²) in [6, 6.07) is 0. The Kier molecular flexibility index (Phi) is 5.77. The molecule has 2 unspecified atom stereocenters. The number of rotatable bonds is 6. The summed E-state index contributed by atoms with van der Waals surface area (Å²) in [5.41, 5.74) is 5.44. The first kappa shape index (κ1) is 13.5. The number of aliphatic hydroxyl groups is 1. The number of nitrogens with zero attached hydrogens (tertiary/aromatic N) is 1. The van der Waals surface area contributed by atoms with Crippen LogP contribution in [0.4, 0.5) is 0 Å². The number of likely N-dealkylation sites (tertiary alicyclic amines) is 1. The molecule has 0 aromatic heterocycles. The van der Waals surface area contributed by atoms with Crippen molar-refractivity contribution >= 4 is 5.91 Å². The van der Waals surface area contributed by atoms with Crippen LogP contribution in [-0.4, -0.2) is 42.2 Å². The number of amides is 1. The molecule has 4 nitrogen and oxygen atoms in total. The highest BCUT2D eigenvalue weighted by molar-refractivity contribution is 5.78. The van der Waals surface area contributed by atoms with Crippen LogP contribution >= 0.6 is 0 Å². The van der Waals surface area contributed by atoms with E-state index in [1.807, 2.05) is 11.8 Å². The molecule has 94 valence electrons. The monoisotopic (exact) mass is 228 g/mol. The normalized spacial score (nSPS) is 22.4. The number of hydrogen-bond acceptors (Lipinski definition) is 3. The van der Waals surface area contributed by atoms with Crippen molar-refractivity contribution in [2.45, 2.75) is 32.6 Å². The largest absolute Gasteiger partial charge is 0.396 e. The van der Waals surface area contributed by atoms with Gasteiger partial charge in [-0.1, -0.05) is 6.92 Å². The molecule has 3 N–H and O–H groups in total. The predicted molar refractivity (Wildman–Crippen MR) is 63.8 cm³/mol. The van der Waals surface area contributed by atoms with Crippen molar-refractivity contribution in [2.24, 2.45) is 17.6 Å². The van der Waals surface area contributed by atoms with Crippen LogP contribution in [-0.2, 0) is 4.79 Å². The first-order valence-electron chi connectivity index (χ1n) is 6.28. The zero-order chi connectivity index (χ0) is 12.0. The van der Waals surface area contributed by atoms with Crippen LogP contribution in [0.15, 0.2) is 0 Å². The fourth-order valence-corrected chi connectivity index (χ4v) is 2.31. The van der Waals surface area contributed by atoms with Gasteiger partial charge in [-0.15, -0.1) is 0 Å². The molecule has 1 amide bonds. The molecule has 16 heavy (non-hydrogen) atoms. The maximum absolute atomic E-state index is 12.0. The molecule has 0 bridgehead atoms. The second-order valence-electron chi connectivity index (χ2n) is 4.78. The van der Waals surface area contributed by atoms with E-state index in [4.69, 9.17) is 10.8 Å². The molecular formula is C12H24N2O2. The third-order valence-corrected chi connectivity index (χ3v) is 3.40. The summed E-state index contributed by atoms with van der Waals surface area (Å²) in [5.74, 6) is 0.848. The zero-order valence-electron chi connectivity index (χ0n) is 10.2. The van der Waals surface area contributed by atoms with Crippen LogP contribution in [0.5, 0.6) is 0 Å². The Morgan fingerprint density at radius 1 is 1.62 bits per heavy atom. The Morgan fingerprint density at radius 3 is 3.00 bits per heavy atom. The lowest BCUT2D eigenvalue weighted by Gasteiger charge is -2.20. The van der Waals surface area contributed by atoms with Gasteiger partial charge in [0.05, 0.1) is 0 Å². The number of aliphatic hydroxyl groups excluding tert-OH is 1. The van der Waals surface area contributed by atoms with E-state index in [-0.39, 0.29) is 18.4 Å². The van der Waals surface area contributed by atoms with Gasteiger partial charge >= 0.3 is 0 Å². The molecule has 1 aliphatic heterocycles. The van der Waals surface area contributed by atoms with Crippen molar-refractivity contribution in [1.29, 1.82) is 0 Å². The Balaban J connectivity index is 2.32. The molecule has 0 aromatic rings. The summed E-state index contributed by atoms with van der Waals surface area (Å²) in [6.45, 7) is 4.56. The van der Waals surface area contributed by atoms with E-state index in [2.05, 4.69) is 0 Å². The van der Waals surface area contributed by atoms with Crippen LogP contribution in [0.2, 0.25) is 0 Å². The minimum absolute atomic E-state index is 0.0939. The van der Waals surface area contributed by atoms with Crippen molar-refractivity contribution in [3.63, 3.8) is 0 Å². The van der Waals surface area contributed by atoms with Gasteiger partial charge in [0.15, 0.2) is 0 Å². The first-order chi connectivity index (χ1) is 7.69. The number of hydrogen-bond donors (Lipinski definition) is 2. The van der Waals surface area contributed by atoms with Gasteiger partial charge in [-0.3, -0.25) is 4.79 Å². The molecule has 0 spiro atoms. The van der Waals surface area contributed by atoms with E-state index < -0.39 is 0 Å². The van der Waals surface area contributed by atoms with Crippen LogP contribution in [0.25, 0.3) is 0 Å². The average molecular weight is 228 g/mol. The topological polar surface area (TPSA) is 66.6 Å². The fraction of sp³-hybridized carbons (Fsp3) is 0.917. The molecule has 0 aliphatic carbocycles. The summed E-state index contributed by atoms with van der Waals surface area (Å²) in [5, 5.41) is 8.86. The Morgan fingerprint density at radius 2 is 2.38 bits per heavy atom. The van der Waals surface area contributed by atoms with Gasteiger partial charge in [0.2, 0.25) is 5.91 Å². The Labute approximate surface area is 97.8 Å². The number of carbonyl (C=O) groups is 1. The second-order valence-corrected chi connectivity index (χ2v) is 4.78. The van der Waals surface area contributed by atoms with Gasteiger partial charge in [-0.05, 0) is 38.1 Å². The lowest BCUT2D eigenvalue weighted by molar-refractivity contribution is -0.134. The van der Waals surface area contributed by atoms with E-state index in [1.54, 1.807) is 0 Å². The van der Waals surface area contributed by atoms with Gasteiger partial charge < -0.3 is 15.7 Å². The molecule has 1 saturated heterocycles. The molecule has 0 radical (unpaired) electrons. The lowest BCUT2D eigenvalue weighted by Crippen LogP contribution is -2.33. The third-order valence-electron chi connectivity index (χ3n) is 3.40. The quantitative estimate of drug-likeness (QED) is 0.699. The van der Waals surface area contributed by atoms with E-state index in [9.17, 15) is 4.79 Å². The van der Waals surface area contributed by atoms with Crippen LogP contribution in [0, 0.1) is 11.8 Å². The van der Waals surface area contributed by atoms with E-state index >= 15 is 0 Å². The van der Waals surface area contributed by atoms with Crippen LogP contribution in [0.1, 0.15) is 32.6 Å².